The number of nitrogens with zero attached hydrogens (tertiary/aromatic N) is 1. The van der Waals surface area contributed by atoms with Crippen molar-refractivity contribution in [2.75, 3.05) is 6.54 Å². The Morgan fingerprint density at radius 3 is 2.29 bits per heavy atom. The van der Waals surface area contributed by atoms with Gasteiger partial charge < -0.3 is 15.3 Å². The summed E-state index contributed by atoms with van der Waals surface area (Å²) in [7, 11) is 0. The van der Waals surface area contributed by atoms with E-state index in [1.54, 1.807) is 13.8 Å². The molecular weight excluding hydrogens is 346 g/mol. The molecule has 1 aliphatic heterocycles. The number of rotatable bonds is 5. The Morgan fingerprint density at radius 2 is 1.88 bits per heavy atom. The number of hydrogen-bond donors (Lipinski definition) is 2. The fourth-order valence-corrected chi connectivity index (χ4v) is 3.77. The Morgan fingerprint density at radius 1 is 1.33 bits per heavy atom. The number of carboxylic acid groups (broad SMARTS) is 1. The van der Waals surface area contributed by atoms with E-state index >= 15 is 0 Å². The van der Waals surface area contributed by atoms with Gasteiger partial charge in [-0.15, -0.1) is 0 Å². The van der Waals surface area contributed by atoms with Crippen molar-refractivity contribution in [2.24, 2.45) is 23.2 Å². The van der Waals surface area contributed by atoms with Gasteiger partial charge in [0.25, 0.3) is 0 Å². The molecule has 136 valence electrons. The number of aliphatic carboxylic acids is 1. The topological polar surface area (TPSA) is 86.7 Å². The SMILES string of the molecule is CC(C)[C@H](NC(=O)C(F)(F)Cl)C(=O)N1C[C@H]2[C@@H]([C@H]1C(=O)O)C2(C)C. The molecular formula is C15H21ClF2N2O4. The average Bonchev–Trinajstić information content (AvgIpc) is 2.82. The van der Waals surface area contributed by atoms with Crippen molar-refractivity contribution in [3.05, 3.63) is 0 Å². The van der Waals surface area contributed by atoms with Crippen LogP contribution in [0.15, 0.2) is 0 Å². The minimum Gasteiger partial charge on any atom is -0.480 e. The summed E-state index contributed by atoms with van der Waals surface area (Å²) in [6, 6.07) is -2.27. The van der Waals surface area contributed by atoms with Crippen molar-refractivity contribution in [1.82, 2.24) is 10.2 Å². The highest BCUT2D eigenvalue weighted by Gasteiger charge is 2.69. The van der Waals surface area contributed by atoms with Gasteiger partial charge in [-0.25, -0.2) is 4.79 Å². The monoisotopic (exact) mass is 366 g/mol. The normalized spacial score (nSPS) is 29.2. The quantitative estimate of drug-likeness (QED) is 0.722. The first-order valence-electron chi connectivity index (χ1n) is 7.71. The highest BCUT2D eigenvalue weighted by Crippen LogP contribution is 2.64. The van der Waals surface area contributed by atoms with Crippen molar-refractivity contribution < 1.29 is 28.3 Å². The number of likely N-dealkylation sites (tertiary alicyclic amines) is 1. The van der Waals surface area contributed by atoms with Crippen LogP contribution in [0, 0.1) is 23.2 Å². The van der Waals surface area contributed by atoms with E-state index in [4.69, 9.17) is 0 Å². The van der Waals surface area contributed by atoms with Gasteiger partial charge in [0.2, 0.25) is 5.91 Å². The molecule has 0 aromatic heterocycles. The second-order valence-corrected chi connectivity index (χ2v) is 7.89. The Balaban J connectivity index is 2.19. The Kier molecular flexibility index (Phi) is 4.58. The summed E-state index contributed by atoms with van der Waals surface area (Å²) in [5.74, 6) is -4.18. The molecule has 2 fully saturated rings. The maximum atomic E-state index is 12.9. The fourth-order valence-electron chi connectivity index (χ4n) is 3.71. The van der Waals surface area contributed by atoms with E-state index < -0.39 is 41.2 Å². The maximum absolute atomic E-state index is 12.9. The van der Waals surface area contributed by atoms with Crippen LogP contribution in [0.1, 0.15) is 27.7 Å². The van der Waals surface area contributed by atoms with Gasteiger partial charge in [0.05, 0.1) is 0 Å². The number of carboxylic acids is 1. The Bertz CT molecular complexity index is 576. The van der Waals surface area contributed by atoms with Crippen molar-refractivity contribution in [3.8, 4) is 0 Å². The molecule has 1 saturated carbocycles. The number of carbonyl (C=O) groups excluding carboxylic acids is 2. The van der Waals surface area contributed by atoms with E-state index in [-0.39, 0.29) is 23.8 Å². The van der Waals surface area contributed by atoms with Crippen LogP contribution in [-0.2, 0) is 14.4 Å². The Labute approximate surface area is 143 Å². The maximum Gasteiger partial charge on any atom is 0.399 e. The van der Waals surface area contributed by atoms with Crippen LogP contribution < -0.4 is 5.32 Å². The first-order valence-corrected chi connectivity index (χ1v) is 8.09. The lowest BCUT2D eigenvalue weighted by atomic mass is 9.98. The third-order valence-corrected chi connectivity index (χ3v) is 5.39. The number of carbonyl (C=O) groups is 3. The smallest absolute Gasteiger partial charge is 0.399 e. The number of hydrogen-bond acceptors (Lipinski definition) is 3. The molecule has 4 atom stereocenters. The molecule has 1 heterocycles. The second-order valence-electron chi connectivity index (χ2n) is 7.42. The third-order valence-electron chi connectivity index (χ3n) is 5.22. The van der Waals surface area contributed by atoms with Crippen molar-refractivity contribution in [3.63, 3.8) is 0 Å². The van der Waals surface area contributed by atoms with E-state index in [0.29, 0.717) is 0 Å². The van der Waals surface area contributed by atoms with E-state index in [1.165, 1.54) is 4.90 Å². The van der Waals surface area contributed by atoms with E-state index in [1.807, 2.05) is 19.2 Å². The molecule has 0 radical (unpaired) electrons. The largest absolute Gasteiger partial charge is 0.480 e. The number of halogens is 3. The zero-order chi connectivity index (χ0) is 18.6. The van der Waals surface area contributed by atoms with Crippen LogP contribution in [0.4, 0.5) is 8.78 Å². The second kappa shape index (κ2) is 5.82. The summed E-state index contributed by atoms with van der Waals surface area (Å²) >= 11 is 4.68. The summed E-state index contributed by atoms with van der Waals surface area (Å²) in [4.78, 5) is 36.9. The molecule has 0 aromatic carbocycles. The minimum absolute atomic E-state index is 0.0560. The van der Waals surface area contributed by atoms with Crippen molar-refractivity contribution in [2.45, 2.75) is 45.2 Å². The van der Waals surface area contributed by atoms with Crippen molar-refractivity contribution in [1.29, 1.82) is 0 Å². The van der Waals surface area contributed by atoms with Gasteiger partial charge in [-0.1, -0.05) is 27.7 Å². The lowest BCUT2D eigenvalue weighted by Crippen LogP contribution is -2.57. The minimum atomic E-state index is -4.13. The van der Waals surface area contributed by atoms with Crippen LogP contribution in [0.25, 0.3) is 0 Å². The highest BCUT2D eigenvalue weighted by atomic mass is 35.5. The molecule has 0 unspecified atom stereocenters. The van der Waals surface area contributed by atoms with Gasteiger partial charge in [-0.05, 0) is 28.9 Å². The van der Waals surface area contributed by atoms with Gasteiger partial charge in [0.15, 0.2) is 0 Å². The molecule has 2 rings (SSSR count). The van der Waals surface area contributed by atoms with Crippen LogP contribution >= 0.6 is 11.6 Å². The lowest BCUT2D eigenvalue weighted by Gasteiger charge is -2.33. The number of alkyl halides is 3. The molecule has 2 aliphatic rings. The lowest BCUT2D eigenvalue weighted by molar-refractivity contribution is -0.152. The first kappa shape index (κ1) is 18.9. The van der Waals surface area contributed by atoms with E-state index in [2.05, 4.69) is 11.6 Å². The van der Waals surface area contributed by atoms with Crippen LogP contribution in [0.2, 0.25) is 0 Å². The summed E-state index contributed by atoms with van der Waals surface area (Å²) < 4.78 is 25.8. The van der Waals surface area contributed by atoms with Gasteiger partial charge >= 0.3 is 17.3 Å². The molecule has 1 aliphatic carbocycles. The highest BCUT2D eigenvalue weighted by molar-refractivity contribution is 6.32. The summed E-state index contributed by atoms with van der Waals surface area (Å²) in [6.45, 7) is 7.27. The average molecular weight is 367 g/mol. The number of piperidine rings is 1. The first-order chi connectivity index (χ1) is 10.8. The predicted octanol–water partition coefficient (Wildman–Crippen LogP) is 1.53. The molecule has 2 N–H and O–H groups in total. The van der Waals surface area contributed by atoms with Gasteiger partial charge in [0, 0.05) is 12.5 Å². The van der Waals surface area contributed by atoms with Crippen LogP contribution in [0.5, 0.6) is 0 Å². The van der Waals surface area contributed by atoms with E-state index in [9.17, 15) is 28.3 Å². The molecule has 24 heavy (non-hydrogen) atoms. The molecule has 9 heteroatoms. The zero-order valence-corrected chi connectivity index (χ0v) is 14.6. The molecule has 1 saturated heterocycles. The molecule has 6 nitrogen and oxygen atoms in total. The van der Waals surface area contributed by atoms with Gasteiger partial charge in [-0.3, -0.25) is 9.59 Å². The fraction of sp³-hybridized carbons (Fsp3) is 0.800. The molecule has 0 bridgehead atoms. The molecule has 0 aromatic rings. The molecule has 0 spiro atoms. The number of amides is 2. The van der Waals surface area contributed by atoms with Crippen molar-refractivity contribution >= 4 is 29.4 Å². The van der Waals surface area contributed by atoms with Crippen LogP contribution in [-0.4, -0.2) is 51.8 Å². The van der Waals surface area contributed by atoms with Gasteiger partial charge in [0.1, 0.15) is 12.1 Å². The summed E-state index contributed by atoms with van der Waals surface area (Å²) in [5.41, 5.74) is -0.167. The number of nitrogens with one attached hydrogen (secondary N) is 1. The van der Waals surface area contributed by atoms with Crippen LogP contribution in [0.3, 0.4) is 0 Å². The Hall–Kier alpha value is -1.44. The standard InChI is InChI=1S/C15H21ClF2N2O4/c1-6(2)9(19-13(24)15(16,17)18)11(21)20-5-7-8(14(7,3)4)10(20)12(22)23/h6-10H,5H2,1-4H3,(H,19,24)(H,22,23)/t7-,8-,9-,10-/m0/s1. The van der Waals surface area contributed by atoms with E-state index in [0.717, 1.165) is 0 Å². The number of fused-ring (bicyclic) bond motifs is 1. The summed E-state index contributed by atoms with van der Waals surface area (Å²) in [6.07, 6.45) is 0. The predicted molar refractivity (Wildman–Crippen MR) is 81.5 cm³/mol. The third kappa shape index (κ3) is 3.08. The summed E-state index contributed by atoms with van der Waals surface area (Å²) in [5, 5.41) is 7.28. The van der Waals surface area contributed by atoms with Gasteiger partial charge in [-0.2, -0.15) is 8.78 Å². The molecule has 2 amide bonds. The zero-order valence-electron chi connectivity index (χ0n) is 13.8.